The molecule has 1 aromatic heterocycles. The van der Waals surface area contributed by atoms with Crippen LogP contribution < -0.4 is 9.39 Å². The van der Waals surface area contributed by atoms with E-state index in [1.54, 1.807) is 13.2 Å². The number of hydrogen-bond donors (Lipinski definition) is 2. The third-order valence-electron chi connectivity index (χ3n) is 1.92. The van der Waals surface area contributed by atoms with Crippen LogP contribution >= 0.6 is 11.3 Å². The first-order valence-electron chi connectivity index (χ1n) is 4.29. The first-order valence-corrected chi connectivity index (χ1v) is 5.11. The summed E-state index contributed by atoms with van der Waals surface area (Å²) in [5.74, 6) is 0.761. The molecule has 0 saturated carbocycles. The summed E-state index contributed by atoms with van der Waals surface area (Å²) in [5, 5.41) is 18.7. The molecular weight excluding hydrogens is 215 g/mol. The van der Waals surface area contributed by atoms with Crippen LogP contribution in [0.25, 0.3) is 10.1 Å². The van der Waals surface area contributed by atoms with Crippen molar-refractivity contribution in [2.24, 2.45) is 0 Å². The number of benzene rings is 1. The molecule has 15 heavy (non-hydrogen) atoms. The van der Waals surface area contributed by atoms with Crippen LogP contribution in [-0.2, 0) is 0 Å². The summed E-state index contributed by atoms with van der Waals surface area (Å²) in [6, 6.07) is 7.35. The summed E-state index contributed by atoms with van der Waals surface area (Å²) >= 11 is 1.35. The highest BCUT2D eigenvalue weighted by atomic mass is 32.1. The monoisotopic (exact) mass is 224 g/mol. The highest BCUT2D eigenvalue weighted by molar-refractivity contribution is 7.20. The number of methoxy groups -OCH3 is 1. The molecule has 0 unspecified atom stereocenters. The molecular formula is C9H9BO4S. The van der Waals surface area contributed by atoms with Crippen molar-refractivity contribution in [2.45, 2.75) is 0 Å². The molecule has 0 radical (unpaired) electrons. The Bertz CT molecular complexity index is 468. The average Bonchev–Trinajstić information content (AvgIpc) is 2.57. The maximum absolute atomic E-state index is 8.65. The van der Waals surface area contributed by atoms with Crippen LogP contribution in [0.3, 0.4) is 0 Å². The van der Waals surface area contributed by atoms with E-state index in [-0.39, 0.29) is 0 Å². The number of ether oxygens (including phenoxy) is 1. The standard InChI is InChI=1S/C9H9BO4S/c1-13-7-2-3-8-6(4-7)5-9(15-8)14-10(11)12/h2-5,11-12H,1H3. The minimum atomic E-state index is -1.78. The fraction of sp³-hybridized carbons (Fsp3) is 0.111. The third-order valence-corrected chi connectivity index (χ3v) is 2.93. The molecule has 1 heterocycles. The topological polar surface area (TPSA) is 58.9 Å². The Kier molecular flexibility index (Phi) is 2.81. The molecule has 0 spiro atoms. The Morgan fingerprint density at radius 1 is 1.27 bits per heavy atom. The van der Waals surface area contributed by atoms with Gasteiger partial charge in [0.1, 0.15) is 5.75 Å². The van der Waals surface area contributed by atoms with Crippen molar-refractivity contribution in [1.29, 1.82) is 0 Å². The van der Waals surface area contributed by atoms with E-state index < -0.39 is 7.32 Å². The molecule has 0 aliphatic rings. The highest BCUT2D eigenvalue weighted by Gasteiger charge is 2.13. The normalized spacial score (nSPS) is 10.3. The summed E-state index contributed by atoms with van der Waals surface area (Å²) < 4.78 is 10.8. The van der Waals surface area contributed by atoms with Crippen LogP contribution in [0.1, 0.15) is 0 Å². The van der Waals surface area contributed by atoms with E-state index in [9.17, 15) is 0 Å². The van der Waals surface area contributed by atoms with Crippen molar-refractivity contribution in [1.82, 2.24) is 0 Å². The lowest BCUT2D eigenvalue weighted by Crippen LogP contribution is -2.19. The van der Waals surface area contributed by atoms with E-state index in [0.29, 0.717) is 5.06 Å². The van der Waals surface area contributed by atoms with Gasteiger partial charge in [-0.25, -0.2) is 0 Å². The smallest absolute Gasteiger partial charge is 0.504 e. The molecule has 4 nitrogen and oxygen atoms in total. The second-order valence-corrected chi connectivity index (χ2v) is 3.96. The van der Waals surface area contributed by atoms with Crippen LogP contribution in [-0.4, -0.2) is 24.5 Å². The van der Waals surface area contributed by atoms with Gasteiger partial charge in [0, 0.05) is 4.70 Å². The second-order valence-electron chi connectivity index (χ2n) is 2.91. The van der Waals surface area contributed by atoms with Gasteiger partial charge in [-0.15, -0.1) is 11.3 Å². The Morgan fingerprint density at radius 2 is 2.07 bits per heavy atom. The summed E-state index contributed by atoms with van der Waals surface area (Å²) in [6.07, 6.45) is 0. The molecule has 0 bridgehead atoms. The molecule has 2 N–H and O–H groups in total. The van der Waals surface area contributed by atoms with Crippen LogP contribution in [0.2, 0.25) is 0 Å². The van der Waals surface area contributed by atoms with Gasteiger partial charge in [0.05, 0.1) is 7.11 Å². The molecule has 1 aromatic carbocycles. The first kappa shape index (κ1) is 10.3. The number of fused-ring (bicyclic) bond motifs is 1. The van der Waals surface area contributed by atoms with E-state index >= 15 is 0 Å². The van der Waals surface area contributed by atoms with Gasteiger partial charge in [0.15, 0.2) is 5.06 Å². The zero-order valence-corrected chi connectivity index (χ0v) is 8.82. The molecule has 2 rings (SSSR count). The van der Waals surface area contributed by atoms with Crippen molar-refractivity contribution in [2.75, 3.05) is 7.11 Å². The molecule has 0 atom stereocenters. The summed E-state index contributed by atoms with van der Waals surface area (Å²) in [4.78, 5) is 0. The highest BCUT2D eigenvalue weighted by Crippen LogP contribution is 2.33. The second kappa shape index (κ2) is 4.10. The molecule has 6 heteroatoms. The molecule has 0 saturated heterocycles. The van der Waals surface area contributed by atoms with Gasteiger partial charge in [-0.3, -0.25) is 0 Å². The molecule has 0 amide bonds. The number of hydrogen-bond acceptors (Lipinski definition) is 5. The van der Waals surface area contributed by atoms with Crippen LogP contribution in [0.15, 0.2) is 24.3 Å². The maximum atomic E-state index is 8.65. The third kappa shape index (κ3) is 2.23. The van der Waals surface area contributed by atoms with Crippen molar-refractivity contribution >= 4 is 28.7 Å². The predicted molar refractivity (Wildman–Crippen MR) is 59.2 cm³/mol. The van der Waals surface area contributed by atoms with Gasteiger partial charge in [-0.1, -0.05) is 0 Å². The van der Waals surface area contributed by atoms with Gasteiger partial charge in [-0.2, -0.15) is 0 Å². The number of thiophene rings is 1. The van der Waals surface area contributed by atoms with Crippen molar-refractivity contribution < 1.29 is 19.4 Å². The van der Waals surface area contributed by atoms with Gasteiger partial charge >= 0.3 is 7.32 Å². The van der Waals surface area contributed by atoms with Gasteiger partial charge in [-0.05, 0) is 29.7 Å². The molecule has 0 fully saturated rings. The average molecular weight is 224 g/mol. The van der Waals surface area contributed by atoms with Crippen LogP contribution in [0, 0.1) is 0 Å². The van der Waals surface area contributed by atoms with Crippen molar-refractivity contribution in [3.8, 4) is 10.8 Å². The lowest BCUT2D eigenvalue weighted by atomic mass is 10.2. The summed E-state index contributed by atoms with van der Waals surface area (Å²) in [6.45, 7) is 0. The van der Waals surface area contributed by atoms with Crippen molar-refractivity contribution in [3.63, 3.8) is 0 Å². The molecule has 0 aliphatic carbocycles. The van der Waals surface area contributed by atoms with E-state index in [2.05, 4.69) is 0 Å². The van der Waals surface area contributed by atoms with E-state index in [4.69, 9.17) is 19.4 Å². The maximum Gasteiger partial charge on any atom is 0.708 e. The Balaban J connectivity index is 2.37. The first-order chi connectivity index (χ1) is 7.19. The Hall–Kier alpha value is -1.24. The minimum Gasteiger partial charge on any atom is -0.504 e. The Morgan fingerprint density at radius 3 is 2.73 bits per heavy atom. The van der Waals surface area contributed by atoms with E-state index in [1.165, 1.54) is 11.3 Å². The summed E-state index contributed by atoms with van der Waals surface area (Å²) in [7, 11) is -0.178. The van der Waals surface area contributed by atoms with Gasteiger partial charge in [0.25, 0.3) is 0 Å². The minimum absolute atomic E-state index is 0.466. The van der Waals surface area contributed by atoms with Gasteiger partial charge in [0.2, 0.25) is 0 Å². The van der Waals surface area contributed by atoms with Gasteiger partial charge < -0.3 is 19.4 Å². The zero-order chi connectivity index (χ0) is 10.8. The Labute approximate surface area is 90.9 Å². The van der Waals surface area contributed by atoms with E-state index in [0.717, 1.165) is 15.8 Å². The largest absolute Gasteiger partial charge is 0.708 e. The lowest BCUT2D eigenvalue weighted by molar-refractivity contribution is 0.292. The number of rotatable bonds is 3. The fourth-order valence-electron chi connectivity index (χ4n) is 1.29. The summed E-state index contributed by atoms with van der Waals surface area (Å²) in [5.41, 5.74) is 0. The van der Waals surface area contributed by atoms with Crippen molar-refractivity contribution in [3.05, 3.63) is 24.3 Å². The predicted octanol–water partition coefficient (Wildman–Crippen LogP) is 1.26. The molecule has 0 aliphatic heterocycles. The fourth-order valence-corrected chi connectivity index (χ4v) is 2.19. The van der Waals surface area contributed by atoms with E-state index in [1.807, 2.05) is 18.2 Å². The lowest BCUT2D eigenvalue weighted by Gasteiger charge is -1.97. The van der Waals surface area contributed by atoms with Crippen LogP contribution in [0.4, 0.5) is 0 Å². The SMILES string of the molecule is COc1ccc2sc(OB(O)O)cc2c1. The quantitative estimate of drug-likeness (QED) is 0.770. The molecule has 2 aromatic rings. The molecule has 78 valence electrons. The van der Waals surface area contributed by atoms with Crippen LogP contribution in [0.5, 0.6) is 10.8 Å². The zero-order valence-electron chi connectivity index (χ0n) is 8.01.